The number of sulfonamides is 1. The minimum absolute atomic E-state index is 0.0278. The van der Waals surface area contributed by atoms with Crippen molar-refractivity contribution in [3.8, 4) is 5.75 Å². The average Bonchev–Trinajstić information content (AvgIpc) is 3.19. The Bertz CT molecular complexity index is 820. The molecule has 0 aromatic heterocycles. The molecule has 2 heterocycles. The van der Waals surface area contributed by atoms with Crippen molar-refractivity contribution >= 4 is 22.0 Å². The van der Waals surface area contributed by atoms with Gasteiger partial charge in [-0.3, -0.25) is 4.79 Å². The number of carboxylic acids is 1. The summed E-state index contributed by atoms with van der Waals surface area (Å²) in [6.45, 7) is 0. The normalized spacial score (nSPS) is 25.8. The summed E-state index contributed by atoms with van der Waals surface area (Å²) in [7, 11) is -1.33. The number of esters is 1. The molecule has 2 saturated heterocycles. The van der Waals surface area contributed by atoms with Crippen molar-refractivity contribution in [3.63, 3.8) is 0 Å². The smallest absolute Gasteiger partial charge is 0.341 e. The number of ether oxygens (including phenoxy) is 2. The fourth-order valence-corrected chi connectivity index (χ4v) is 5.74. The Kier molecular flexibility index (Phi) is 4.46. The third kappa shape index (κ3) is 2.77. The van der Waals surface area contributed by atoms with Crippen molar-refractivity contribution in [3.05, 3.63) is 23.8 Å². The van der Waals surface area contributed by atoms with Gasteiger partial charge < -0.3 is 14.6 Å². The van der Waals surface area contributed by atoms with E-state index < -0.39 is 33.9 Å². The van der Waals surface area contributed by atoms with Crippen LogP contribution in [0.2, 0.25) is 0 Å². The Hall–Kier alpha value is -2.13. The fourth-order valence-electron chi connectivity index (χ4n) is 3.81. The summed E-state index contributed by atoms with van der Waals surface area (Å²) in [6, 6.07) is 3.10. The lowest BCUT2D eigenvalue weighted by Crippen LogP contribution is -2.37. The summed E-state index contributed by atoms with van der Waals surface area (Å²) < 4.78 is 37.2. The van der Waals surface area contributed by atoms with E-state index in [1.807, 2.05) is 0 Å². The predicted octanol–water partition coefficient (Wildman–Crippen LogP) is 1.11. The number of carbonyl (C=O) groups is 2. The first-order valence-corrected chi connectivity index (χ1v) is 9.28. The molecule has 0 spiro atoms. The van der Waals surface area contributed by atoms with Crippen LogP contribution in [0, 0.1) is 5.92 Å². The van der Waals surface area contributed by atoms with Gasteiger partial charge in [-0.25, -0.2) is 13.2 Å². The standard InChI is InChI=1S/C16H19NO7S/c1-23-14-8-10(4-5-11(14)16(20)24-2)25(21,22)17-9-3-6-13(17)12(7-9)15(18)19/h4-5,8-9,12-13H,3,6-7H2,1-2H3,(H,18,19). The molecule has 25 heavy (non-hydrogen) atoms. The van der Waals surface area contributed by atoms with E-state index in [4.69, 9.17) is 4.74 Å². The summed E-state index contributed by atoms with van der Waals surface area (Å²) in [6.07, 6.45) is 1.53. The number of benzene rings is 1. The van der Waals surface area contributed by atoms with Crippen LogP contribution in [-0.2, 0) is 19.6 Å². The zero-order valence-corrected chi connectivity index (χ0v) is 14.7. The topological polar surface area (TPSA) is 110 Å². The highest BCUT2D eigenvalue weighted by atomic mass is 32.2. The second kappa shape index (κ2) is 6.30. The Balaban J connectivity index is 1.99. The average molecular weight is 369 g/mol. The van der Waals surface area contributed by atoms with Crippen LogP contribution in [0.5, 0.6) is 5.75 Å². The lowest BCUT2D eigenvalue weighted by atomic mass is 9.89. The Morgan fingerprint density at radius 2 is 1.96 bits per heavy atom. The van der Waals surface area contributed by atoms with Crippen LogP contribution in [0.1, 0.15) is 29.6 Å². The van der Waals surface area contributed by atoms with Gasteiger partial charge in [-0.05, 0) is 31.4 Å². The molecule has 0 saturated carbocycles. The fraction of sp³-hybridized carbons (Fsp3) is 0.500. The Morgan fingerprint density at radius 3 is 2.52 bits per heavy atom. The second-order valence-corrected chi connectivity index (χ2v) is 8.01. The molecule has 1 N–H and O–H groups in total. The molecule has 0 amide bonds. The molecule has 1 aromatic rings. The lowest BCUT2D eigenvalue weighted by molar-refractivity contribution is -0.142. The van der Waals surface area contributed by atoms with Crippen LogP contribution < -0.4 is 4.74 Å². The van der Waals surface area contributed by atoms with Gasteiger partial charge in [0.2, 0.25) is 10.0 Å². The van der Waals surface area contributed by atoms with Gasteiger partial charge in [-0.2, -0.15) is 4.31 Å². The van der Waals surface area contributed by atoms with Gasteiger partial charge in [-0.15, -0.1) is 0 Å². The van der Waals surface area contributed by atoms with Crippen LogP contribution in [0.15, 0.2) is 23.1 Å². The number of rotatable bonds is 5. The molecule has 1 aromatic carbocycles. The third-order valence-corrected chi connectivity index (χ3v) is 6.92. The summed E-state index contributed by atoms with van der Waals surface area (Å²) >= 11 is 0. The van der Waals surface area contributed by atoms with Gasteiger partial charge in [0.15, 0.2) is 0 Å². The van der Waals surface area contributed by atoms with Gasteiger partial charge >= 0.3 is 11.9 Å². The molecule has 8 nitrogen and oxygen atoms in total. The van der Waals surface area contributed by atoms with E-state index in [1.165, 1.54) is 36.7 Å². The molecule has 2 aliphatic rings. The maximum Gasteiger partial charge on any atom is 0.341 e. The third-order valence-electron chi connectivity index (χ3n) is 4.94. The van der Waals surface area contributed by atoms with Gasteiger partial charge in [-0.1, -0.05) is 0 Å². The van der Waals surface area contributed by atoms with Crippen molar-refractivity contribution in [2.24, 2.45) is 5.92 Å². The van der Waals surface area contributed by atoms with Crippen molar-refractivity contribution in [2.45, 2.75) is 36.2 Å². The summed E-state index contributed by atoms with van der Waals surface area (Å²) in [5.41, 5.74) is 0.122. The summed E-state index contributed by atoms with van der Waals surface area (Å²) in [5.74, 6) is -2.18. The van der Waals surface area contributed by atoms with Crippen LogP contribution in [0.25, 0.3) is 0 Å². The maximum absolute atomic E-state index is 13.0. The maximum atomic E-state index is 13.0. The first-order chi connectivity index (χ1) is 11.8. The molecule has 0 aliphatic carbocycles. The minimum Gasteiger partial charge on any atom is -0.496 e. The lowest BCUT2D eigenvalue weighted by Gasteiger charge is -2.23. The predicted molar refractivity (Wildman–Crippen MR) is 85.9 cm³/mol. The number of aliphatic carboxylic acids is 1. The highest BCUT2D eigenvalue weighted by molar-refractivity contribution is 7.89. The van der Waals surface area contributed by atoms with Crippen LogP contribution in [0.3, 0.4) is 0 Å². The molecule has 2 fully saturated rings. The summed E-state index contributed by atoms with van der Waals surface area (Å²) in [4.78, 5) is 23.0. The zero-order valence-electron chi connectivity index (χ0n) is 13.8. The van der Waals surface area contributed by atoms with Crippen molar-refractivity contribution in [1.82, 2.24) is 4.31 Å². The monoisotopic (exact) mass is 369 g/mol. The number of fused-ring (bicyclic) bond motifs is 2. The molecule has 3 rings (SSSR count). The number of nitrogens with zero attached hydrogens (tertiary/aromatic N) is 1. The van der Waals surface area contributed by atoms with E-state index >= 15 is 0 Å². The highest BCUT2D eigenvalue weighted by Gasteiger charge is 2.54. The van der Waals surface area contributed by atoms with E-state index in [-0.39, 0.29) is 22.3 Å². The molecule has 2 bridgehead atoms. The number of methoxy groups -OCH3 is 2. The molecule has 136 valence electrons. The van der Waals surface area contributed by atoms with Gasteiger partial charge in [0.25, 0.3) is 0 Å². The van der Waals surface area contributed by atoms with E-state index in [1.54, 1.807) is 0 Å². The quantitative estimate of drug-likeness (QED) is 0.774. The van der Waals surface area contributed by atoms with Crippen LogP contribution in [-0.4, -0.2) is 56.1 Å². The molecule has 2 aliphatic heterocycles. The number of carboxylic acid groups (broad SMARTS) is 1. The minimum atomic E-state index is -3.88. The largest absolute Gasteiger partial charge is 0.496 e. The van der Waals surface area contributed by atoms with Crippen LogP contribution in [0.4, 0.5) is 0 Å². The molecule has 3 unspecified atom stereocenters. The first-order valence-electron chi connectivity index (χ1n) is 7.84. The van der Waals surface area contributed by atoms with Crippen molar-refractivity contribution in [2.75, 3.05) is 14.2 Å². The first kappa shape index (κ1) is 17.7. The van der Waals surface area contributed by atoms with Crippen molar-refractivity contribution < 1.29 is 32.6 Å². The molecular formula is C16H19NO7S. The van der Waals surface area contributed by atoms with E-state index in [0.717, 1.165) is 0 Å². The molecule has 9 heteroatoms. The van der Waals surface area contributed by atoms with Gasteiger partial charge in [0.05, 0.1) is 25.0 Å². The Labute approximate surface area is 145 Å². The Morgan fingerprint density at radius 1 is 1.24 bits per heavy atom. The van der Waals surface area contributed by atoms with Gasteiger partial charge in [0.1, 0.15) is 11.3 Å². The SMILES string of the molecule is COC(=O)c1ccc(S(=O)(=O)N2C3CCC2C(C(=O)O)C3)cc1OC. The molecular weight excluding hydrogens is 350 g/mol. The van der Waals surface area contributed by atoms with Crippen molar-refractivity contribution in [1.29, 1.82) is 0 Å². The number of hydrogen-bond donors (Lipinski definition) is 1. The van der Waals surface area contributed by atoms with E-state index in [0.29, 0.717) is 19.3 Å². The van der Waals surface area contributed by atoms with E-state index in [2.05, 4.69) is 4.74 Å². The van der Waals surface area contributed by atoms with Crippen LogP contribution >= 0.6 is 0 Å². The zero-order chi connectivity index (χ0) is 18.4. The summed E-state index contributed by atoms with van der Waals surface area (Å²) in [5, 5.41) is 9.30. The number of hydrogen-bond acceptors (Lipinski definition) is 6. The van der Waals surface area contributed by atoms with E-state index in [9.17, 15) is 23.1 Å². The second-order valence-electron chi connectivity index (χ2n) is 6.17. The number of carbonyl (C=O) groups excluding carboxylic acids is 1. The molecule has 0 radical (unpaired) electrons. The van der Waals surface area contributed by atoms with Gasteiger partial charge in [0, 0.05) is 18.2 Å². The highest BCUT2D eigenvalue weighted by Crippen LogP contribution is 2.45. The molecule has 3 atom stereocenters.